The first kappa shape index (κ1) is 12.2. The molecule has 0 saturated heterocycles. The molecule has 1 unspecified atom stereocenters. The lowest BCUT2D eigenvalue weighted by atomic mass is 10.0. The van der Waals surface area contributed by atoms with E-state index in [2.05, 4.69) is 49.0 Å². The predicted octanol–water partition coefficient (Wildman–Crippen LogP) is 1.85. The number of benzene rings is 1. The zero-order valence-corrected chi connectivity index (χ0v) is 11.1. The van der Waals surface area contributed by atoms with E-state index >= 15 is 0 Å². The summed E-state index contributed by atoms with van der Waals surface area (Å²) >= 11 is 0. The van der Waals surface area contributed by atoms with Crippen LogP contribution in [-0.2, 0) is 6.42 Å². The summed E-state index contributed by atoms with van der Waals surface area (Å²) < 4.78 is 0. The zero-order valence-electron chi connectivity index (χ0n) is 11.1. The number of aryl methyl sites for hydroxylation is 1. The van der Waals surface area contributed by atoms with Gasteiger partial charge in [0.25, 0.3) is 0 Å². The van der Waals surface area contributed by atoms with Gasteiger partial charge in [0.1, 0.15) is 0 Å². The smallest absolute Gasteiger partial charge is 0.0605 e. The molecule has 1 heterocycles. The standard InChI is InChI=1S/C14H23N3/c1-4-11-5-6-13-14(9-11)16(2)10-12(7-8-15)17(13)3/h5-6,9,12H,4,7-8,10,15H2,1-3H3. The van der Waals surface area contributed by atoms with E-state index < -0.39 is 0 Å². The summed E-state index contributed by atoms with van der Waals surface area (Å²) in [6.07, 6.45) is 2.15. The van der Waals surface area contributed by atoms with Crippen molar-refractivity contribution < 1.29 is 0 Å². The van der Waals surface area contributed by atoms with E-state index in [4.69, 9.17) is 5.73 Å². The number of nitrogens with two attached hydrogens (primary N) is 1. The highest BCUT2D eigenvalue weighted by atomic mass is 15.3. The second-order valence-electron chi connectivity index (χ2n) is 4.90. The Morgan fingerprint density at radius 1 is 1.29 bits per heavy atom. The molecule has 0 bridgehead atoms. The first-order valence-electron chi connectivity index (χ1n) is 6.44. The number of nitrogens with zero attached hydrogens (tertiary/aromatic N) is 2. The summed E-state index contributed by atoms with van der Waals surface area (Å²) in [5.74, 6) is 0. The van der Waals surface area contributed by atoms with Gasteiger partial charge in [0.05, 0.1) is 11.4 Å². The van der Waals surface area contributed by atoms with E-state index in [1.54, 1.807) is 0 Å². The van der Waals surface area contributed by atoms with Gasteiger partial charge in [-0.2, -0.15) is 0 Å². The minimum Gasteiger partial charge on any atom is -0.371 e. The van der Waals surface area contributed by atoms with E-state index in [0.29, 0.717) is 6.04 Å². The topological polar surface area (TPSA) is 32.5 Å². The fourth-order valence-corrected chi connectivity index (χ4v) is 2.60. The van der Waals surface area contributed by atoms with E-state index in [0.717, 1.165) is 25.9 Å². The predicted molar refractivity (Wildman–Crippen MR) is 75.0 cm³/mol. The van der Waals surface area contributed by atoms with Gasteiger partial charge in [0.2, 0.25) is 0 Å². The second-order valence-corrected chi connectivity index (χ2v) is 4.90. The van der Waals surface area contributed by atoms with Crippen molar-refractivity contribution in [2.45, 2.75) is 25.8 Å². The van der Waals surface area contributed by atoms with Crippen molar-refractivity contribution in [2.24, 2.45) is 5.73 Å². The molecule has 0 saturated carbocycles. The van der Waals surface area contributed by atoms with Crippen molar-refractivity contribution in [3.8, 4) is 0 Å². The number of fused-ring (bicyclic) bond motifs is 1. The average molecular weight is 233 g/mol. The molecule has 2 N–H and O–H groups in total. The molecular weight excluding hydrogens is 210 g/mol. The van der Waals surface area contributed by atoms with Crippen molar-refractivity contribution in [2.75, 3.05) is 37.0 Å². The highest BCUT2D eigenvalue weighted by Crippen LogP contribution is 2.35. The Bertz CT molecular complexity index is 389. The SMILES string of the molecule is CCc1ccc2c(c1)N(C)CC(CCN)N2C. The minimum atomic E-state index is 0.532. The van der Waals surface area contributed by atoms with E-state index in [9.17, 15) is 0 Å². The van der Waals surface area contributed by atoms with Crippen LogP contribution in [0.25, 0.3) is 0 Å². The van der Waals surface area contributed by atoms with Crippen molar-refractivity contribution in [3.05, 3.63) is 23.8 Å². The molecule has 0 spiro atoms. The van der Waals surface area contributed by atoms with Crippen molar-refractivity contribution >= 4 is 11.4 Å². The molecule has 94 valence electrons. The third-order valence-electron chi connectivity index (χ3n) is 3.77. The Labute approximate surface area is 104 Å². The van der Waals surface area contributed by atoms with Crippen LogP contribution >= 0.6 is 0 Å². The van der Waals surface area contributed by atoms with Gasteiger partial charge in [0, 0.05) is 26.7 Å². The third-order valence-corrected chi connectivity index (χ3v) is 3.77. The maximum atomic E-state index is 5.69. The van der Waals surface area contributed by atoms with Crippen LogP contribution in [0.2, 0.25) is 0 Å². The highest BCUT2D eigenvalue weighted by Gasteiger charge is 2.25. The second kappa shape index (κ2) is 4.96. The molecule has 1 aliphatic rings. The maximum absolute atomic E-state index is 5.69. The molecule has 0 amide bonds. The lowest BCUT2D eigenvalue weighted by Crippen LogP contribution is -2.46. The zero-order chi connectivity index (χ0) is 12.4. The van der Waals surface area contributed by atoms with Crippen LogP contribution in [0.4, 0.5) is 11.4 Å². The number of hydrogen-bond donors (Lipinski definition) is 1. The van der Waals surface area contributed by atoms with Crippen LogP contribution in [0.5, 0.6) is 0 Å². The average Bonchev–Trinajstić information content (AvgIpc) is 2.35. The largest absolute Gasteiger partial charge is 0.371 e. The molecule has 1 atom stereocenters. The molecule has 1 aliphatic heterocycles. The minimum absolute atomic E-state index is 0.532. The number of rotatable bonds is 3. The van der Waals surface area contributed by atoms with E-state index in [1.165, 1.54) is 16.9 Å². The molecule has 3 nitrogen and oxygen atoms in total. The van der Waals surface area contributed by atoms with E-state index in [-0.39, 0.29) is 0 Å². The molecular formula is C14H23N3. The van der Waals surface area contributed by atoms with E-state index in [1.807, 2.05) is 0 Å². The molecule has 0 aliphatic carbocycles. The molecule has 0 fully saturated rings. The maximum Gasteiger partial charge on any atom is 0.0605 e. The van der Waals surface area contributed by atoms with Crippen molar-refractivity contribution in [1.29, 1.82) is 0 Å². The van der Waals surface area contributed by atoms with Gasteiger partial charge >= 0.3 is 0 Å². The summed E-state index contributed by atoms with van der Waals surface area (Å²) in [6.45, 7) is 4.02. The first-order chi connectivity index (χ1) is 8.17. The Kier molecular flexibility index (Phi) is 3.57. The normalized spacial score (nSPS) is 19.4. The van der Waals surface area contributed by atoms with Crippen LogP contribution in [0.1, 0.15) is 18.9 Å². The Balaban J connectivity index is 2.33. The quantitative estimate of drug-likeness (QED) is 0.865. The molecule has 0 aromatic heterocycles. The molecule has 0 radical (unpaired) electrons. The summed E-state index contributed by atoms with van der Waals surface area (Å²) in [6, 6.07) is 7.32. The Hall–Kier alpha value is -1.22. The Morgan fingerprint density at radius 2 is 2.06 bits per heavy atom. The molecule has 1 aromatic carbocycles. The Morgan fingerprint density at radius 3 is 2.71 bits per heavy atom. The summed E-state index contributed by atoms with van der Waals surface area (Å²) in [5, 5.41) is 0. The fourth-order valence-electron chi connectivity index (χ4n) is 2.60. The number of hydrogen-bond acceptors (Lipinski definition) is 3. The van der Waals surface area contributed by atoms with Gasteiger partial charge in [-0.1, -0.05) is 13.0 Å². The third kappa shape index (κ3) is 2.25. The van der Waals surface area contributed by atoms with Gasteiger partial charge in [0.15, 0.2) is 0 Å². The molecule has 3 heteroatoms. The monoisotopic (exact) mass is 233 g/mol. The number of anilines is 2. The van der Waals surface area contributed by atoms with Gasteiger partial charge in [-0.05, 0) is 37.1 Å². The molecule has 1 aromatic rings. The summed E-state index contributed by atoms with van der Waals surface area (Å²) in [4.78, 5) is 4.73. The van der Waals surface area contributed by atoms with Gasteiger partial charge in [-0.3, -0.25) is 0 Å². The van der Waals surface area contributed by atoms with Gasteiger partial charge < -0.3 is 15.5 Å². The van der Waals surface area contributed by atoms with Crippen LogP contribution in [0.3, 0.4) is 0 Å². The van der Waals surface area contributed by atoms with Crippen LogP contribution in [0, 0.1) is 0 Å². The highest BCUT2D eigenvalue weighted by molar-refractivity contribution is 5.74. The fraction of sp³-hybridized carbons (Fsp3) is 0.571. The van der Waals surface area contributed by atoms with Crippen LogP contribution in [0.15, 0.2) is 18.2 Å². The van der Waals surface area contributed by atoms with Crippen molar-refractivity contribution in [3.63, 3.8) is 0 Å². The first-order valence-corrected chi connectivity index (χ1v) is 6.44. The summed E-state index contributed by atoms with van der Waals surface area (Å²) in [5.41, 5.74) is 9.77. The van der Waals surface area contributed by atoms with Crippen LogP contribution in [-0.4, -0.2) is 33.2 Å². The number of likely N-dealkylation sites (N-methyl/N-ethyl adjacent to an activating group) is 2. The molecule has 17 heavy (non-hydrogen) atoms. The van der Waals surface area contributed by atoms with Gasteiger partial charge in [-0.15, -0.1) is 0 Å². The van der Waals surface area contributed by atoms with Crippen LogP contribution < -0.4 is 15.5 Å². The summed E-state index contributed by atoms with van der Waals surface area (Å²) in [7, 11) is 4.35. The molecule has 2 rings (SSSR count). The van der Waals surface area contributed by atoms with Gasteiger partial charge in [-0.25, -0.2) is 0 Å². The lowest BCUT2D eigenvalue weighted by Gasteiger charge is -2.41. The lowest BCUT2D eigenvalue weighted by molar-refractivity contribution is 0.567. The van der Waals surface area contributed by atoms with Crippen molar-refractivity contribution in [1.82, 2.24) is 0 Å².